The number of amides is 2. The molecule has 0 aliphatic carbocycles. The third-order valence-electron chi connectivity index (χ3n) is 6.69. The highest BCUT2D eigenvalue weighted by Gasteiger charge is 2.27. The minimum atomic E-state index is -0.495. The summed E-state index contributed by atoms with van der Waals surface area (Å²) in [6.07, 6.45) is -0.495. The smallest absolute Gasteiger partial charge is 0.411 e. The second kappa shape index (κ2) is 14.0. The van der Waals surface area contributed by atoms with Gasteiger partial charge in [0.2, 0.25) is 0 Å². The number of nitrogens with one attached hydrogen (secondary N) is 1. The monoisotopic (exact) mass is 496 g/mol. The molecular formula is C28H40N4O4. The maximum absolute atomic E-state index is 12.8. The molecule has 1 atom stereocenters. The molecule has 2 aromatic rings. The number of benzene rings is 2. The van der Waals surface area contributed by atoms with Crippen molar-refractivity contribution in [1.82, 2.24) is 14.7 Å². The number of anilines is 1. The average Bonchev–Trinajstić information content (AvgIpc) is 2.91. The van der Waals surface area contributed by atoms with E-state index in [1.807, 2.05) is 56.0 Å². The van der Waals surface area contributed by atoms with Crippen molar-refractivity contribution in [2.45, 2.75) is 26.8 Å². The summed E-state index contributed by atoms with van der Waals surface area (Å²) < 4.78 is 10.3. The molecule has 1 saturated heterocycles. The lowest BCUT2D eigenvalue weighted by molar-refractivity contribution is 0.0709. The van der Waals surface area contributed by atoms with Crippen LogP contribution in [0.2, 0.25) is 0 Å². The van der Waals surface area contributed by atoms with E-state index in [4.69, 9.17) is 9.47 Å². The molecule has 1 N–H and O–H groups in total. The van der Waals surface area contributed by atoms with Crippen LogP contribution in [0.15, 0.2) is 48.5 Å². The SMILES string of the molecule is CCOCCN1CCN(C(c2ccc(C(=O)N(CC)CC)cc2)c2cccc(NC(=O)OC)c2)CC1. The lowest BCUT2D eigenvalue weighted by atomic mass is 9.95. The Balaban J connectivity index is 1.86. The van der Waals surface area contributed by atoms with E-state index in [0.29, 0.717) is 24.3 Å². The Labute approximate surface area is 215 Å². The van der Waals surface area contributed by atoms with Crippen molar-refractivity contribution < 1.29 is 19.1 Å². The van der Waals surface area contributed by atoms with Crippen LogP contribution in [0.25, 0.3) is 0 Å². The zero-order valence-corrected chi connectivity index (χ0v) is 22.0. The molecule has 1 aliphatic heterocycles. The van der Waals surface area contributed by atoms with Gasteiger partial charge in [0.25, 0.3) is 5.91 Å². The Morgan fingerprint density at radius 1 is 0.972 bits per heavy atom. The highest BCUT2D eigenvalue weighted by Crippen LogP contribution is 2.31. The first kappa shape index (κ1) is 27.6. The van der Waals surface area contributed by atoms with Crippen LogP contribution >= 0.6 is 0 Å². The van der Waals surface area contributed by atoms with Crippen molar-refractivity contribution in [2.24, 2.45) is 0 Å². The molecule has 0 bridgehead atoms. The van der Waals surface area contributed by atoms with Gasteiger partial charge in [-0.15, -0.1) is 0 Å². The lowest BCUT2D eigenvalue weighted by Crippen LogP contribution is -2.48. The molecule has 1 aliphatic rings. The highest BCUT2D eigenvalue weighted by molar-refractivity contribution is 5.94. The fourth-order valence-electron chi connectivity index (χ4n) is 4.65. The number of rotatable bonds is 11. The van der Waals surface area contributed by atoms with Gasteiger partial charge in [0.05, 0.1) is 19.8 Å². The van der Waals surface area contributed by atoms with E-state index in [-0.39, 0.29) is 11.9 Å². The molecule has 1 fully saturated rings. The fourth-order valence-corrected chi connectivity index (χ4v) is 4.65. The van der Waals surface area contributed by atoms with E-state index in [1.54, 1.807) is 0 Å². The van der Waals surface area contributed by atoms with Crippen LogP contribution in [0.3, 0.4) is 0 Å². The van der Waals surface area contributed by atoms with Crippen LogP contribution in [0.1, 0.15) is 48.3 Å². The molecule has 8 heteroatoms. The Bertz CT molecular complexity index is 970. The zero-order valence-electron chi connectivity index (χ0n) is 22.0. The van der Waals surface area contributed by atoms with Gasteiger partial charge < -0.3 is 14.4 Å². The summed E-state index contributed by atoms with van der Waals surface area (Å²) in [5, 5.41) is 2.77. The molecule has 1 heterocycles. The first-order chi connectivity index (χ1) is 17.5. The van der Waals surface area contributed by atoms with Gasteiger partial charge in [0.1, 0.15) is 0 Å². The van der Waals surface area contributed by atoms with E-state index < -0.39 is 6.09 Å². The van der Waals surface area contributed by atoms with Crippen molar-refractivity contribution >= 4 is 17.7 Å². The van der Waals surface area contributed by atoms with E-state index in [2.05, 4.69) is 33.3 Å². The maximum Gasteiger partial charge on any atom is 0.411 e. The first-order valence-electron chi connectivity index (χ1n) is 12.9. The Morgan fingerprint density at radius 3 is 2.28 bits per heavy atom. The maximum atomic E-state index is 12.8. The van der Waals surface area contributed by atoms with Gasteiger partial charge in [0.15, 0.2) is 0 Å². The third kappa shape index (κ3) is 7.29. The molecule has 0 aromatic heterocycles. The highest BCUT2D eigenvalue weighted by atomic mass is 16.5. The van der Waals surface area contributed by atoms with Crippen molar-refractivity contribution in [2.75, 3.05) is 71.5 Å². The summed E-state index contributed by atoms with van der Waals surface area (Å²) in [5.41, 5.74) is 3.58. The molecule has 2 amide bonds. The number of methoxy groups -OCH3 is 1. The summed E-state index contributed by atoms with van der Waals surface area (Å²) >= 11 is 0. The van der Waals surface area contributed by atoms with Gasteiger partial charge in [0, 0.05) is 63.7 Å². The Hall–Kier alpha value is -2.94. The molecule has 1 unspecified atom stereocenters. The molecule has 36 heavy (non-hydrogen) atoms. The predicted octanol–water partition coefficient (Wildman–Crippen LogP) is 4.09. The van der Waals surface area contributed by atoms with Crippen LogP contribution in [0, 0.1) is 0 Å². The Kier molecular flexibility index (Phi) is 10.7. The molecule has 8 nitrogen and oxygen atoms in total. The number of nitrogens with zero attached hydrogens (tertiary/aromatic N) is 3. The lowest BCUT2D eigenvalue weighted by Gasteiger charge is -2.40. The van der Waals surface area contributed by atoms with Gasteiger partial charge in [-0.1, -0.05) is 24.3 Å². The summed E-state index contributed by atoms with van der Waals surface area (Å²) in [7, 11) is 1.36. The van der Waals surface area contributed by atoms with Crippen molar-refractivity contribution in [3.8, 4) is 0 Å². The van der Waals surface area contributed by atoms with Crippen LogP contribution < -0.4 is 5.32 Å². The van der Waals surface area contributed by atoms with Gasteiger partial charge in [-0.25, -0.2) is 4.79 Å². The fraction of sp³-hybridized carbons (Fsp3) is 0.500. The summed E-state index contributed by atoms with van der Waals surface area (Å²) in [6.45, 7) is 13.6. The predicted molar refractivity (Wildman–Crippen MR) is 143 cm³/mol. The quantitative estimate of drug-likeness (QED) is 0.473. The second-order valence-corrected chi connectivity index (χ2v) is 8.82. The van der Waals surface area contributed by atoms with Crippen molar-refractivity contribution in [3.63, 3.8) is 0 Å². The van der Waals surface area contributed by atoms with E-state index in [9.17, 15) is 9.59 Å². The van der Waals surface area contributed by atoms with Crippen LogP contribution in [0.4, 0.5) is 10.5 Å². The van der Waals surface area contributed by atoms with Gasteiger partial charge in [-0.2, -0.15) is 0 Å². The zero-order chi connectivity index (χ0) is 25.9. The molecule has 196 valence electrons. The van der Waals surface area contributed by atoms with Crippen molar-refractivity contribution in [1.29, 1.82) is 0 Å². The average molecular weight is 497 g/mol. The number of carbonyl (C=O) groups excluding carboxylic acids is 2. The van der Waals surface area contributed by atoms with Crippen LogP contribution in [-0.4, -0.2) is 92.8 Å². The minimum Gasteiger partial charge on any atom is -0.453 e. The number of hydrogen-bond acceptors (Lipinski definition) is 6. The van der Waals surface area contributed by atoms with Crippen LogP contribution in [-0.2, 0) is 9.47 Å². The third-order valence-corrected chi connectivity index (χ3v) is 6.69. The first-order valence-corrected chi connectivity index (χ1v) is 12.9. The normalized spacial score (nSPS) is 15.3. The number of piperazine rings is 1. The summed E-state index contributed by atoms with van der Waals surface area (Å²) in [4.78, 5) is 31.3. The van der Waals surface area contributed by atoms with E-state index in [1.165, 1.54) is 7.11 Å². The molecule has 0 radical (unpaired) electrons. The summed E-state index contributed by atoms with van der Waals surface area (Å²) in [5.74, 6) is 0.0512. The molecule has 0 saturated carbocycles. The number of carbonyl (C=O) groups is 2. The number of ether oxygens (including phenoxy) is 2. The van der Waals surface area contributed by atoms with Crippen molar-refractivity contribution in [3.05, 3.63) is 65.2 Å². The second-order valence-electron chi connectivity index (χ2n) is 8.82. The topological polar surface area (TPSA) is 74.4 Å². The molecule has 2 aromatic carbocycles. The standard InChI is InChI=1S/C28H40N4O4/c1-5-31(6-2)27(33)23-13-11-22(12-14-23)26(24-9-8-10-25(21-24)29-28(34)35-4)32-17-15-30(16-18-32)19-20-36-7-3/h8-14,21,26H,5-7,15-20H2,1-4H3,(H,29,34). The summed E-state index contributed by atoms with van der Waals surface area (Å²) in [6, 6.07) is 15.9. The molecular weight excluding hydrogens is 456 g/mol. The van der Waals surface area contributed by atoms with Crippen LogP contribution in [0.5, 0.6) is 0 Å². The number of hydrogen-bond donors (Lipinski definition) is 1. The van der Waals surface area contributed by atoms with E-state index in [0.717, 1.165) is 57.1 Å². The Morgan fingerprint density at radius 2 is 1.67 bits per heavy atom. The van der Waals surface area contributed by atoms with E-state index >= 15 is 0 Å². The molecule has 0 spiro atoms. The van der Waals surface area contributed by atoms with Gasteiger partial charge in [-0.3, -0.25) is 19.9 Å². The molecule has 3 rings (SSSR count). The van der Waals surface area contributed by atoms with Gasteiger partial charge in [-0.05, 0) is 56.2 Å². The minimum absolute atomic E-state index is 0.00366. The largest absolute Gasteiger partial charge is 0.453 e. The van der Waals surface area contributed by atoms with Gasteiger partial charge >= 0.3 is 6.09 Å².